The number of alkyl halides is 4. The molecule has 3 atom stereocenters. The van der Waals surface area contributed by atoms with E-state index in [9.17, 15) is 4.79 Å². The molecule has 1 nitrogen and oxygen atoms in total. The van der Waals surface area contributed by atoms with Crippen LogP contribution in [-0.2, 0) is 4.79 Å². The van der Waals surface area contributed by atoms with Gasteiger partial charge in [0, 0.05) is 5.92 Å². The molecule has 1 saturated carbocycles. The van der Waals surface area contributed by atoms with Crippen LogP contribution in [0.4, 0.5) is 0 Å². The molecular formula is C8H9Br4ClO. The van der Waals surface area contributed by atoms with Crippen molar-refractivity contribution in [3.8, 4) is 0 Å². The molecule has 0 saturated heterocycles. The van der Waals surface area contributed by atoms with E-state index in [1.165, 1.54) is 0 Å². The van der Waals surface area contributed by atoms with Gasteiger partial charge in [-0.1, -0.05) is 77.6 Å². The van der Waals surface area contributed by atoms with Crippen molar-refractivity contribution in [2.24, 2.45) is 17.3 Å². The zero-order valence-corrected chi connectivity index (χ0v) is 14.6. The molecule has 1 aliphatic rings. The Morgan fingerprint density at radius 1 is 1.43 bits per heavy atom. The summed E-state index contributed by atoms with van der Waals surface area (Å²) in [5.41, 5.74) is -0.0342. The number of carbonyl (C=O) groups excluding carboxylic acids is 1. The number of hydrogen-bond acceptors (Lipinski definition) is 1. The van der Waals surface area contributed by atoms with E-state index in [-0.39, 0.29) is 27.3 Å². The van der Waals surface area contributed by atoms with Crippen LogP contribution < -0.4 is 0 Å². The third kappa shape index (κ3) is 2.58. The van der Waals surface area contributed by atoms with Gasteiger partial charge in [-0.2, -0.15) is 0 Å². The van der Waals surface area contributed by atoms with Gasteiger partial charge in [-0.05, 0) is 22.9 Å². The third-order valence-electron chi connectivity index (χ3n) is 2.78. The highest BCUT2D eigenvalue weighted by molar-refractivity contribution is 9.40. The van der Waals surface area contributed by atoms with Crippen molar-refractivity contribution in [3.05, 3.63) is 0 Å². The summed E-state index contributed by atoms with van der Waals surface area (Å²) in [6, 6.07) is 0. The van der Waals surface area contributed by atoms with E-state index in [2.05, 4.69) is 77.6 Å². The minimum Gasteiger partial charge on any atom is -0.281 e. The van der Waals surface area contributed by atoms with Gasteiger partial charge in [-0.15, -0.1) is 0 Å². The Hall–Kier alpha value is 1.88. The second-order valence-electron chi connectivity index (χ2n) is 4.07. The van der Waals surface area contributed by atoms with Gasteiger partial charge in [-0.25, -0.2) is 0 Å². The quantitative estimate of drug-likeness (QED) is 0.420. The smallest absolute Gasteiger partial charge is 0.225 e. The lowest BCUT2D eigenvalue weighted by molar-refractivity contribution is -0.113. The number of rotatable bonds is 2. The minimum atomic E-state index is -0.393. The number of carbonyl (C=O) groups is 1. The van der Waals surface area contributed by atoms with Crippen LogP contribution in [0, 0.1) is 17.3 Å². The van der Waals surface area contributed by atoms with Gasteiger partial charge < -0.3 is 0 Å². The van der Waals surface area contributed by atoms with Crippen LogP contribution in [0.25, 0.3) is 0 Å². The van der Waals surface area contributed by atoms with E-state index in [1.54, 1.807) is 0 Å². The summed E-state index contributed by atoms with van der Waals surface area (Å²) in [5.74, 6) is 0.159. The Labute approximate surface area is 122 Å². The van der Waals surface area contributed by atoms with Crippen LogP contribution in [0.3, 0.4) is 0 Å². The standard InChI is InChI=1S/C8H9Br4ClO/c1-7(2)3(4(7)6(13)14)5(9)8(10,11)12/h3-5H,1-2H3/t3-,4-,5?/m1/s1. The van der Waals surface area contributed by atoms with Crippen LogP contribution in [-0.4, -0.2) is 12.2 Å². The number of halogens is 5. The van der Waals surface area contributed by atoms with Crippen molar-refractivity contribution in [1.29, 1.82) is 0 Å². The molecule has 1 unspecified atom stereocenters. The molecule has 6 heteroatoms. The van der Waals surface area contributed by atoms with Gasteiger partial charge in [0.25, 0.3) is 0 Å². The second kappa shape index (κ2) is 4.28. The molecule has 14 heavy (non-hydrogen) atoms. The van der Waals surface area contributed by atoms with Gasteiger partial charge >= 0.3 is 0 Å². The highest BCUT2D eigenvalue weighted by Gasteiger charge is 2.66. The molecular weight excluding hydrogens is 467 g/mol. The fourth-order valence-electron chi connectivity index (χ4n) is 1.86. The van der Waals surface area contributed by atoms with Crippen molar-refractivity contribution in [2.45, 2.75) is 20.8 Å². The van der Waals surface area contributed by atoms with Gasteiger partial charge in [0.15, 0.2) is 0 Å². The summed E-state index contributed by atoms with van der Waals surface area (Å²) in [6.45, 7) is 4.10. The highest BCUT2D eigenvalue weighted by Crippen LogP contribution is 2.66. The molecule has 0 radical (unpaired) electrons. The van der Waals surface area contributed by atoms with Gasteiger partial charge in [0.1, 0.15) is 2.14 Å². The van der Waals surface area contributed by atoms with E-state index >= 15 is 0 Å². The topological polar surface area (TPSA) is 17.1 Å². The predicted molar refractivity (Wildman–Crippen MR) is 73.8 cm³/mol. The van der Waals surface area contributed by atoms with E-state index in [4.69, 9.17) is 11.6 Å². The Kier molecular flexibility index (Phi) is 4.26. The summed E-state index contributed by atoms with van der Waals surface area (Å²) < 4.78 is -0.393. The van der Waals surface area contributed by atoms with E-state index < -0.39 is 2.14 Å². The van der Waals surface area contributed by atoms with E-state index in [1.807, 2.05) is 0 Å². The average molecular weight is 476 g/mol. The van der Waals surface area contributed by atoms with Crippen molar-refractivity contribution < 1.29 is 4.79 Å². The zero-order valence-electron chi connectivity index (χ0n) is 7.53. The molecule has 0 aromatic rings. The maximum Gasteiger partial charge on any atom is 0.225 e. The largest absolute Gasteiger partial charge is 0.281 e. The molecule has 0 spiro atoms. The van der Waals surface area contributed by atoms with Crippen LogP contribution in [0.5, 0.6) is 0 Å². The molecule has 1 rings (SSSR count). The fraction of sp³-hybridized carbons (Fsp3) is 0.875. The minimum absolute atomic E-state index is 0.0342. The molecule has 0 amide bonds. The predicted octanol–water partition coefficient (Wildman–Crippen LogP) is 4.63. The Morgan fingerprint density at radius 3 is 2.07 bits per heavy atom. The lowest BCUT2D eigenvalue weighted by atomic mass is 10.1. The monoisotopic (exact) mass is 472 g/mol. The van der Waals surface area contributed by atoms with Gasteiger partial charge in [0.05, 0.1) is 4.83 Å². The fourth-order valence-corrected chi connectivity index (χ4v) is 4.12. The Balaban J connectivity index is 2.79. The van der Waals surface area contributed by atoms with Crippen molar-refractivity contribution >= 4 is 80.6 Å². The van der Waals surface area contributed by atoms with Crippen molar-refractivity contribution in [1.82, 2.24) is 0 Å². The first kappa shape index (κ1) is 13.9. The summed E-state index contributed by atoms with van der Waals surface area (Å²) >= 11 is 19.4. The first-order valence-electron chi connectivity index (χ1n) is 4.00. The first-order chi connectivity index (χ1) is 6.10. The van der Waals surface area contributed by atoms with Crippen molar-refractivity contribution in [3.63, 3.8) is 0 Å². The van der Waals surface area contributed by atoms with Gasteiger partial charge in [-0.3, -0.25) is 4.79 Å². The molecule has 0 aliphatic heterocycles. The molecule has 0 N–H and O–H groups in total. The SMILES string of the molecule is CC1(C)[C@@H](C(=O)Cl)[C@@H]1C(Br)C(Br)(Br)Br. The number of hydrogen-bond donors (Lipinski definition) is 0. The first-order valence-corrected chi connectivity index (χ1v) is 7.67. The Morgan fingerprint density at radius 2 is 1.86 bits per heavy atom. The molecule has 0 heterocycles. The summed E-state index contributed by atoms with van der Waals surface area (Å²) in [7, 11) is 0. The summed E-state index contributed by atoms with van der Waals surface area (Å²) in [5, 5.41) is -0.249. The molecule has 0 bridgehead atoms. The average Bonchev–Trinajstić information content (AvgIpc) is 2.49. The van der Waals surface area contributed by atoms with Crippen LogP contribution >= 0.6 is 75.3 Å². The summed E-state index contributed by atoms with van der Waals surface area (Å²) in [6.07, 6.45) is 0. The second-order valence-corrected chi connectivity index (χ2v) is 12.4. The summed E-state index contributed by atoms with van der Waals surface area (Å²) in [4.78, 5) is 11.3. The normalized spacial score (nSPS) is 32.5. The van der Waals surface area contributed by atoms with Crippen LogP contribution in [0.15, 0.2) is 0 Å². The molecule has 0 aromatic carbocycles. The molecule has 1 aliphatic carbocycles. The third-order valence-corrected chi connectivity index (χ3v) is 7.60. The molecule has 82 valence electrons. The highest BCUT2D eigenvalue weighted by atomic mass is 80.0. The van der Waals surface area contributed by atoms with E-state index in [0.717, 1.165) is 0 Å². The van der Waals surface area contributed by atoms with Crippen molar-refractivity contribution in [2.75, 3.05) is 0 Å². The Bertz CT molecular complexity index is 261. The lowest BCUT2D eigenvalue weighted by Crippen LogP contribution is -2.22. The van der Waals surface area contributed by atoms with Crippen LogP contribution in [0.2, 0.25) is 0 Å². The molecule has 0 aromatic heterocycles. The van der Waals surface area contributed by atoms with Crippen LogP contribution in [0.1, 0.15) is 13.8 Å². The molecule has 1 fully saturated rings. The maximum atomic E-state index is 11.2. The maximum absolute atomic E-state index is 11.2. The zero-order chi connectivity index (χ0) is 11.3. The lowest BCUT2D eigenvalue weighted by Gasteiger charge is -2.20. The van der Waals surface area contributed by atoms with Gasteiger partial charge in [0.2, 0.25) is 5.24 Å². The van der Waals surface area contributed by atoms with E-state index in [0.29, 0.717) is 0 Å².